The van der Waals surface area contributed by atoms with Gasteiger partial charge in [-0.15, -0.1) is 0 Å². The summed E-state index contributed by atoms with van der Waals surface area (Å²) in [7, 11) is 0. The molecule has 0 fully saturated rings. The molecule has 0 radical (unpaired) electrons. The zero-order valence-electron chi connectivity index (χ0n) is 10.1. The van der Waals surface area contributed by atoms with Crippen molar-refractivity contribution in [1.29, 1.82) is 0 Å². The van der Waals surface area contributed by atoms with Crippen LogP contribution in [0.1, 0.15) is 20.7 Å². The molecular formula is C13H9F2N3O2. The quantitative estimate of drug-likeness (QED) is 0.816. The molecule has 1 heterocycles. The lowest BCUT2D eigenvalue weighted by molar-refractivity contribution is 0.0844. The van der Waals surface area contributed by atoms with E-state index in [4.69, 9.17) is 0 Å². The summed E-state index contributed by atoms with van der Waals surface area (Å²) in [6.07, 6.45) is 2.78. The molecule has 2 rings (SSSR count). The Balaban J connectivity index is 2.02. The number of amides is 2. The minimum atomic E-state index is -0.959. The van der Waals surface area contributed by atoms with Crippen LogP contribution in [0.15, 0.2) is 42.7 Å². The van der Waals surface area contributed by atoms with Gasteiger partial charge < -0.3 is 0 Å². The van der Waals surface area contributed by atoms with Crippen LogP contribution in [0.2, 0.25) is 0 Å². The van der Waals surface area contributed by atoms with Gasteiger partial charge in [0.25, 0.3) is 11.8 Å². The van der Waals surface area contributed by atoms with Gasteiger partial charge in [0.05, 0.1) is 11.1 Å². The van der Waals surface area contributed by atoms with Crippen LogP contribution in [-0.2, 0) is 0 Å². The minimum absolute atomic E-state index is 0.215. The van der Waals surface area contributed by atoms with E-state index < -0.39 is 29.0 Å². The van der Waals surface area contributed by atoms with E-state index in [0.717, 1.165) is 18.2 Å². The second-order valence-corrected chi connectivity index (χ2v) is 3.77. The van der Waals surface area contributed by atoms with E-state index >= 15 is 0 Å². The summed E-state index contributed by atoms with van der Waals surface area (Å²) < 4.78 is 26.2. The summed E-state index contributed by atoms with van der Waals surface area (Å²) in [4.78, 5) is 26.9. The number of hydrazine groups is 1. The summed E-state index contributed by atoms with van der Waals surface area (Å²) in [5.74, 6) is -3.22. The van der Waals surface area contributed by atoms with Crippen LogP contribution in [0.3, 0.4) is 0 Å². The fourth-order valence-electron chi connectivity index (χ4n) is 1.42. The Kier molecular flexibility index (Phi) is 3.99. The minimum Gasteiger partial charge on any atom is -0.267 e. The molecule has 102 valence electrons. The third-order valence-corrected chi connectivity index (χ3v) is 2.39. The van der Waals surface area contributed by atoms with Crippen LogP contribution in [0.4, 0.5) is 8.78 Å². The maximum Gasteiger partial charge on any atom is 0.272 e. The number of rotatable bonds is 2. The maximum absolute atomic E-state index is 13.3. The summed E-state index contributed by atoms with van der Waals surface area (Å²) in [6, 6.07) is 5.48. The molecule has 1 aromatic heterocycles. The lowest BCUT2D eigenvalue weighted by Gasteiger charge is -2.07. The molecule has 0 saturated carbocycles. The zero-order valence-corrected chi connectivity index (χ0v) is 10.1. The number of hydrogen-bond acceptors (Lipinski definition) is 3. The number of hydrogen-bond donors (Lipinski definition) is 2. The van der Waals surface area contributed by atoms with E-state index in [1.165, 1.54) is 18.5 Å². The molecule has 0 saturated heterocycles. The predicted octanol–water partition coefficient (Wildman–Crippen LogP) is 1.43. The van der Waals surface area contributed by atoms with Crippen molar-refractivity contribution < 1.29 is 18.4 Å². The van der Waals surface area contributed by atoms with Crippen molar-refractivity contribution in [2.24, 2.45) is 0 Å². The highest BCUT2D eigenvalue weighted by atomic mass is 19.1. The van der Waals surface area contributed by atoms with Crippen LogP contribution in [0.25, 0.3) is 0 Å². The molecule has 1 aromatic carbocycles. The number of pyridine rings is 1. The van der Waals surface area contributed by atoms with Crippen molar-refractivity contribution in [1.82, 2.24) is 15.8 Å². The van der Waals surface area contributed by atoms with Crippen LogP contribution in [-0.4, -0.2) is 16.8 Å². The molecule has 7 heteroatoms. The molecule has 0 bridgehead atoms. The first kappa shape index (κ1) is 13.6. The molecule has 0 spiro atoms. The molecule has 0 unspecified atom stereocenters. The maximum atomic E-state index is 13.3. The van der Waals surface area contributed by atoms with Gasteiger partial charge in [0, 0.05) is 12.4 Å². The standard InChI is InChI=1S/C13H9F2N3O2/c14-9-3-4-11(15)10(6-9)13(20)18-17-12(19)8-2-1-5-16-7-8/h1-7H,(H,17,19)(H,18,20). The van der Waals surface area contributed by atoms with E-state index in [2.05, 4.69) is 10.4 Å². The van der Waals surface area contributed by atoms with Gasteiger partial charge >= 0.3 is 0 Å². The van der Waals surface area contributed by atoms with Gasteiger partial charge in [0.2, 0.25) is 0 Å². The Morgan fingerprint density at radius 3 is 2.50 bits per heavy atom. The average Bonchev–Trinajstić information content (AvgIpc) is 2.47. The largest absolute Gasteiger partial charge is 0.272 e. The van der Waals surface area contributed by atoms with Gasteiger partial charge in [-0.25, -0.2) is 8.78 Å². The Hall–Kier alpha value is -2.83. The summed E-state index contributed by atoms with van der Waals surface area (Å²) in [5.41, 5.74) is 3.78. The molecular weight excluding hydrogens is 268 g/mol. The Bertz CT molecular complexity index is 647. The fraction of sp³-hybridized carbons (Fsp3) is 0. The number of nitrogens with one attached hydrogen (secondary N) is 2. The number of aromatic nitrogens is 1. The molecule has 20 heavy (non-hydrogen) atoms. The molecule has 2 amide bonds. The van der Waals surface area contributed by atoms with Crippen molar-refractivity contribution in [3.05, 3.63) is 65.5 Å². The number of halogens is 2. The molecule has 0 aliphatic rings. The van der Waals surface area contributed by atoms with Crippen LogP contribution < -0.4 is 10.9 Å². The third kappa shape index (κ3) is 3.14. The molecule has 0 aliphatic heterocycles. The predicted molar refractivity (Wildman–Crippen MR) is 65.5 cm³/mol. The van der Waals surface area contributed by atoms with E-state index in [9.17, 15) is 18.4 Å². The smallest absolute Gasteiger partial charge is 0.267 e. The first-order chi connectivity index (χ1) is 9.58. The average molecular weight is 277 g/mol. The summed E-state index contributed by atoms with van der Waals surface area (Å²) in [6.45, 7) is 0. The zero-order chi connectivity index (χ0) is 14.5. The Morgan fingerprint density at radius 1 is 1.05 bits per heavy atom. The molecule has 2 N–H and O–H groups in total. The molecule has 2 aromatic rings. The highest BCUT2D eigenvalue weighted by Gasteiger charge is 2.14. The molecule has 5 nitrogen and oxygen atoms in total. The van der Waals surface area contributed by atoms with E-state index in [1.54, 1.807) is 6.07 Å². The van der Waals surface area contributed by atoms with Crippen molar-refractivity contribution >= 4 is 11.8 Å². The topological polar surface area (TPSA) is 71.1 Å². The SMILES string of the molecule is O=C(NNC(=O)c1cc(F)ccc1F)c1cccnc1. The van der Waals surface area contributed by atoms with Crippen molar-refractivity contribution in [3.8, 4) is 0 Å². The first-order valence-corrected chi connectivity index (χ1v) is 5.53. The third-order valence-electron chi connectivity index (χ3n) is 2.39. The number of nitrogens with zero attached hydrogens (tertiary/aromatic N) is 1. The second kappa shape index (κ2) is 5.87. The van der Waals surface area contributed by atoms with Crippen LogP contribution in [0.5, 0.6) is 0 Å². The lowest BCUT2D eigenvalue weighted by atomic mass is 10.2. The number of benzene rings is 1. The van der Waals surface area contributed by atoms with E-state index in [-0.39, 0.29) is 5.56 Å². The molecule has 0 aliphatic carbocycles. The highest BCUT2D eigenvalue weighted by Crippen LogP contribution is 2.09. The van der Waals surface area contributed by atoms with Gasteiger partial charge in [0.15, 0.2) is 0 Å². The van der Waals surface area contributed by atoms with Crippen LogP contribution >= 0.6 is 0 Å². The van der Waals surface area contributed by atoms with E-state index in [0.29, 0.717) is 0 Å². The van der Waals surface area contributed by atoms with Crippen molar-refractivity contribution in [3.63, 3.8) is 0 Å². The van der Waals surface area contributed by atoms with Gasteiger partial charge in [-0.2, -0.15) is 0 Å². The van der Waals surface area contributed by atoms with Crippen molar-refractivity contribution in [2.75, 3.05) is 0 Å². The van der Waals surface area contributed by atoms with Gasteiger partial charge in [0.1, 0.15) is 11.6 Å². The lowest BCUT2D eigenvalue weighted by Crippen LogP contribution is -2.42. The number of carbonyl (C=O) groups excluding carboxylic acids is 2. The van der Waals surface area contributed by atoms with Gasteiger partial charge in [-0.05, 0) is 30.3 Å². The van der Waals surface area contributed by atoms with Gasteiger partial charge in [-0.3, -0.25) is 25.4 Å². The fourth-order valence-corrected chi connectivity index (χ4v) is 1.42. The van der Waals surface area contributed by atoms with Gasteiger partial charge in [-0.1, -0.05) is 0 Å². The molecule has 0 atom stereocenters. The van der Waals surface area contributed by atoms with Crippen LogP contribution in [0, 0.1) is 11.6 Å². The summed E-state index contributed by atoms with van der Waals surface area (Å²) >= 11 is 0. The Labute approximate surface area is 112 Å². The van der Waals surface area contributed by atoms with E-state index in [1.807, 2.05) is 5.43 Å². The first-order valence-electron chi connectivity index (χ1n) is 5.53. The normalized spacial score (nSPS) is 9.90. The number of carbonyl (C=O) groups is 2. The Morgan fingerprint density at radius 2 is 1.80 bits per heavy atom. The highest BCUT2D eigenvalue weighted by molar-refractivity contribution is 5.99. The van der Waals surface area contributed by atoms with Crippen molar-refractivity contribution in [2.45, 2.75) is 0 Å². The summed E-state index contributed by atoms with van der Waals surface area (Å²) in [5, 5.41) is 0. The second-order valence-electron chi connectivity index (χ2n) is 3.77. The monoisotopic (exact) mass is 277 g/mol.